The van der Waals surface area contributed by atoms with Gasteiger partial charge in [-0.25, -0.2) is 0 Å². The van der Waals surface area contributed by atoms with E-state index in [2.05, 4.69) is 48.2 Å². The Morgan fingerprint density at radius 3 is 1.01 bits per heavy atom. The molecule has 119 heavy (non-hydrogen) atoms. The Labute approximate surface area is 701 Å². The number of amides is 7. The van der Waals surface area contributed by atoms with Gasteiger partial charge in [-0.05, 0) is 197 Å². The van der Waals surface area contributed by atoms with Crippen molar-refractivity contribution in [1.82, 2.24) is 44.1 Å². The number of fused-ring (bicyclic) bond motifs is 9. The number of nitrogens with two attached hydrogens (primary N) is 1. The van der Waals surface area contributed by atoms with E-state index in [1.54, 1.807) is 163 Å². The topological polar surface area (TPSA) is 258 Å². The number of nitrogens with zero attached hydrogens (tertiary/aromatic N) is 9. The van der Waals surface area contributed by atoms with Crippen molar-refractivity contribution in [3.05, 3.63) is 257 Å². The van der Waals surface area contributed by atoms with Crippen molar-refractivity contribution in [3.8, 4) is 51.7 Å². The van der Waals surface area contributed by atoms with Crippen molar-refractivity contribution in [2.24, 2.45) is 0 Å². The van der Waals surface area contributed by atoms with Crippen LogP contribution in [0, 0.1) is 0 Å². The highest BCUT2D eigenvalue weighted by Crippen LogP contribution is 2.38. The van der Waals surface area contributed by atoms with Gasteiger partial charge in [0, 0.05) is 171 Å². The minimum absolute atomic E-state index is 0.0333. The number of carbonyl (C=O) groups is 7. The molecule has 26 nitrogen and oxygen atoms in total. The zero-order valence-corrected chi connectivity index (χ0v) is 71.9. The van der Waals surface area contributed by atoms with Crippen molar-refractivity contribution in [2.75, 3.05) is 146 Å². The Balaban J connectivity index is 0.000000141. The van der Waals surface area contributed by atoms with Gasteiger partial charge in [0.15, 0.2) is 34.5 Å². The fourth-order valence-corrected chi connectivity index (χ4v) is 15.0. The number of benzene rings is 9. The zero-order chi connectivity index (χ0) is 86.2. The predicted octanol–water partition coefficient (Wildman–Crippen LogP) is 12.6. The molecule has 9 heterocycles. The van der Waals surface area contributed by atoms with Crippen molar-refractivity contribution in [1.29, 1.82) is 0 Å². The Morgan fingerprint density at radius 2 is 0.555 bits per heavy atom. The normalized spacial score (nSPS) is 15.1. The molecule has 0 bridgehead atoms. The van der Waals surface area contributed by atoms with E-state index in [9.17, 15) is 33.6 Å². The van der Waals surface area contributed by atoms with Crippen LogP contribution in [0.5, 0.6) is 51.7 Å². The molecule has 0 saturated heterocycles. The minimum Gasteiger partial charge on any atom is -0.497 e. The van der Waals surface area contributed by atoms with Crippen molar-refractivity contribution < 1.29 is 76.2 Å². The average molecular weight is 1640 g/mol. The average Bonchev–Trinajstić information content (AvgIpc) is 0.991. The van der Waals surface area contributed by atoms with Crippen LogP contribution in [0.25, 0.3) is 0 Å². The summed E-state index contributed by atoms with van der Waals surface area (Å²) in [6.07, 6.45) is 1.79. The molecule has 0 saturated carbocycles. The largest absolute Gasteiger partial charge is 0.497 e. The van der Waals surface area contributed by atoms with Crippen LogP contribution in [-0.2, 0) is 71.7 Å². The standard InChI is InChI=1S/C12H15NO3.C11H13NO3.C11H15NO2.C11H13NO2.C10H11NO2.C10H13NO.C9H8ClNO.C9H10N2O.C9H9NO/c1-13-5-4-8-6-10(15-2)11(16-3)7-9(8)12(13)14;1-12-6-7-4-9(14-2)10(15-3)5-8(7)11(12)13;1-12-6-8-4-10(13-2)11(14-3)5-9(8)7-12;1-12-6-5-8-3-4-9(14-2)7-10(8)11(12)13;1-11-6-7-3-4-8(13-2)5-9(7)10(11)12;1-11-6-8-3-4-10(12-2)5-9(8)7-11;1-11-5-6-4-7(10)2-3-8(6)9(11)12;1-11-5-6-2-3-7(10)4-8(6)9(11)12;1-10-6-7-4-2-3-5-8(7)9(10)11/h6-7H,4-5H2,1-3H3;4-5H,6H2,1-3H3;4-5H,6-7H2,1-3H3;3-4,7H,5-6H2,1-2H3;3-5H,6H2,1-2H3;3-5H,6-7H2,1-2H3;2-4H,5H2,1H3;2-4H,5,10H2,1H3;2-5H,6H2,1H3. The van der Waals surface area contributed by atoms with Crippen LogP contribution in [-0.4, -0.2) is 226 Å². The van der Waals surface area contributed by atoms with Crippen molar-refractivity contribution in [3.63, 3.8) is 0 Å². The maximum Gasteiger partial charge on any atom is 0.254 e. The van der Waals surface area contributed by atoms with Gasteiger partial charge >= 0.3 is 0 Å². The van der Waals surface area contributed by atoms with Gasteiger partial charge in [0.25, 0.3) is 41.4 Å². The van der Waals surface area contributed by atoms with Crippen LogP contribution in [0.4, 0.5) is 5.69 Å². The highest BCUT2D eigenvalue weighted by atomic mass is 35.5. The van der Waals surface area contributed by atoms with Gasteiger partial charge in [0.05, 0.1) is 64.0 Å². The SMILES string of the molecule is CN1Cc2cc(Cl)ccc2C1=O.CN1Cc2ccc(N)cc2C1=O.CN1Cc2ccccc2C1=O.COc1cc2c(cc1OC)C(=O)N(C)C2.COc1cc2c(cc1OC)C(=O)N(C)CC2.COc1cc2c(cc1OC)CN(C)C2.COc1ccc2c(c1)C(=O)N(C)C2.COc1ccc2c(c1)C(=O)N(C)CC2.COc1ccc2c(c1)CN(C)C2. The van der Waals surface area contributed by atoms with Gasteiger partial charge in [-0.15, -0.1) is 0 Å². The van der Waals surface area contributed by atoms with E-state index >= 15 is 0 Å². The first-order chi connectivity index (χ1) is 57.0. The summed E-state index contributed by atoms with van der Waals surface area (Å²) >= 11 is 5.79. The van der Waals surface area contributed by atoms with Crippen molar-refractivity contribution in [2.45, 2.75) is 71.7 Å². The van der Waals surface area contributed by atoms with Gasteiger partial charge in [-0.1, -0.05) is 54.1 Å². The molecule has 0 spiro atoms. The smallest absolute Gasteiger partial charge is 0.254 e. The summed E-state index contributed by atoms with van der Waals surface area (Å²) < 4.78 is 46.5. The lowest BCUT2D eigenvalue weighted by atomic mass is 9.98. The lowest BCUT2D eigenvalue weighted by molar-refractivity contribution is 0.0773. The highest BCUT2D eigenvalue weighted by molar-refractivity contribution is 6.30. The van der Waals surface area contributed by atoms with Crippen LogP contribution in [0.15, 0.2) is 152 Å². The summed E-state index contributed by atoms with van der Waals surface area (Å²) in [6.45, 7) is 9.14. The molecule has 0 unspecified atom stereocenters. The first-order valence-corrected chi connectivity index (χ1v) is 39.0. The number of hydrogen-bond donors (Lipinski definition) is 1. The molecule has 0 fully saturated rings. The second-order valence-corrected chi connectivity index (χ2v) is 30.3. The van der Waals surface area contributed by atoms with E-state index in [-0.39, 0.29) is 41.4 Å². The van der Waals surface area contributed by atoms with Gasteiger partial charge in [-0.3, -0.25) is 43.4 Å². The summed E-state index contributed by atoms with van der Waals surface area (Å²) in [5.41, 5.74) is 24.5. The fraction of sp³-hybridized carbons (Fsp3) is 0.337. The second-order valence-electron chi connectivity index (χ2n) is 29.9. The summed E-state index contributed by atoms with van der Waals surface area (Å²) in [6, 6.07) is 47.5. The van der Waals surface area contributed by atoms with Gasteiger partial charge < -0.3 is 82.7 Å². The first kappa shape index (κ1) is 88.8. The minimum atomic E-state index is 0.0333. The molecule has 2 N–H and O–H groups in total. The number of carbonyl (C=O) groups excluding carboxylic acids is 7. The number of halogens is 1. The number of rotatable bonds is 9. The van der Waals surface area contributed by atoms with Crippen LogP contribution in [0.3, 0.4) is 0 Å². The lowest BCUT2D eigenvalue weighted by Crippen LogP contribution is -2.34. The van der Waals surface area contributed by atoms with Gasteiger partial charge in [0.2, 0.25) is 0 Å². The number of hydrogen-bond acceptors (Lipinski definition) is 19. The number of ether oxygens (including phenoxy) is 9. The van der Waals surface area contributed by atoms with Crippen molar-refractivity contribution >= 4 is 58.6 Å². The van der Waals surface area contributed by atoms with E-state index < -0.39 is 0 Å². The summed E-state index contributed by atoms with van der Waals surface area (Å²) in [5.74, 6) is 7.16. The van der Waals surface area contributed by atoms with Crippen LogP contribution >= 0.6 is 11.6 Å². The third-order valence-electron chi connectivity index (χ3n) is 21.5. The number of likely N-dealkylation sites (N-methyl/N-ethyl adjacent to an activating group) is 2. The Bertz CT molecular complexity index is 5220. The fourth-order valence-electron chi connectivity index (χ4n) is 14.8. The third kappa shape index (κ3) is 21.1. The molecule has 7 amide bonds. The van der Waals surface area contributed by atoms with E-state index in [1.165, 1.54) is 22.3 Å². The van der Waals surface area contributed by atoms with Crippen LogP contribution in [0.1, 0.15) is 134 Å². The molecule has 18 rings (SSSR count). The van der Waals surface area contributed by atoms with E-state index in [1.807, 2.05) is 112 Å². The molecular weight excluding hydrogens is 1540 g/mol. The Hall–Kier alpha value is -12.5. The van der Waals surface area contributed by atoms with Crippen LogP contribution in [0.2, 0.25) is 5.02 Å². The van der Waals surface area contributed by atoms with E-state index in [0.29, 0.717) is 71.0 Å². The number of nitrogen functional groups attached to an aromatic ring is 1. The molecular formula is C92H107ClN10O16. The van der Waals surface area contributed by atoms with E-state index in [0.717, 1.165) is 154 Å². The van der Waals surface area contributed by atoms with Gasteiger partial charge in [0.1, 0.15) is 17.2 Å². The molecule has 0 radical (unpaired) electrons. The Kier molecular flexibility index (Phi) is 29.9. The molecule has 9 aliphatic heterocycles. The molecule has 9 aliphatic rings. The molecule has 0 aromatic heterocycles. The van der Waals surface area contributed by atoms with Gasteiger partial charge in [-0.2, -0.15) is 0 Å². The lowest BCUT2D eigenvalue weighted by Gasteiger charge is -2.25. The number of methoxy groups -OCH3 is 9. The molecule has 9 aromatic rings. The molecule has 628 valence electrons. The maximum atomic E-state index is 11.9. The highest BCUT2D eigenvalue weighted by Gasteiger charge is 2.31. The maximum absolute atomic E-state index is 11.9. The molecule has 9 aromatic carbocycles. The predicted molar refractivity (Wildman–Crippen MR) is 457 cm³/mol. The first-order valence-electron chi connectivity index (χ1n) is 38.6. The van der Waals surface area contributed by atoms with E-state index in [4.69, 9.17) is 60.0 Å². The summed E-state index contributed by atoms with van der Waals surface area (Å²) in [5, 5.41) is 0.692. The Morgan fingerprint density at radius 1 is 0.252 bits per heavy atom. The zero-order valence-electron chi connectivity index (χ0n) is 71.1. The molecule has 27 heteroatoms. The summed E-state index contributed by atoms with van der Waals surface area (Å²) in [7, 11) is 31.4. The quantitative estimate of drug-likeness (QED) is 0.132. The third-order valence-corrected chi connectivity index (χ3v) is 21.7. The summed E-state index contributed by atoms with van der Waals surface area (Å²) in [4.78, 5) is 97.5. The molecule has 0 aliphatic carbocycles. The van der Waals surface area contributed by atoms with Crippen LogP contribution < -0.4 is 48.4 Å². The number of anilines is 1. The second kappa shape index (κ2) is 40.1. The monoisotopic (exact) mass is 1640 g/mol. The molecule has 0 atom stereocenters.